The lowest BCUT2D eigenvalue weighted by Crippen LogP contribution is -2.44. The van der Waals surface area contributed by atoms with Crippen LogP contribution in [0.2, 0.25) is 0 Å². The Morgan fingerprint density at radius 2 is 1.86 bits per heavy atom. The zero-order valence-electron chi connectivity index (χ0n) is 12.5. The van der Waals surface area contributed by atoms with Gasteiger partial charge in [-0.15, -0.1) is 0 Å². The minimum Gasteiger partial charge on any atom is -0.353 e. The van der Waals surface area contributed by atoms with E-state index in [1.165, 1.54) is 12.8 Å². The van der Waals surface area contributed by atoms with Gasteiger partial charge in [0.15, 0.2) is 0 Å². The Balaban J connectivity index is 1.49. The molecule has 2 fully saturated rings. The van der Waals surface area contributed by atoms with Crippen molar-refractivity contribution in [1.29, 1.82) is 0 Å². The maximum Gasteiger partial charge on any atom is 0.225 e. The molecule has 2 heterocycles. The molecule has 1 aliphatic carbocycles. The van der Waals surface area contributed by atoms with Crippen molar-refractivity contribution in [2.75, 3.05) is 18.0 Å². The summed E-state index contributed by atoms with van der Waals surface area (Å²) in [5.41, 5.74) is 1.14. The van der Waals surface area contributed by atoms with Gasteiger partial charge in [-0.3, -0.25) is 4.79 Å². The van der Waals surface area contributed by atoms with E-state index in [0.29, 0.717) is 12.1 Å². The molecule has 6 nitrogen and oxygen atoms in total. The van der Waals surface area contributed by atoms with Crippen LogP contribution < -0.4 is 15.5 Å². The molecule has 21 heavy (non-hydrogen) atoms. The smallest absolute Gasteiger partial charge is 0.225 e. The average Bonchev–Trinajstić information content (AvgIpc) is 3.30. The Morgan fingerprint density at radius 1 is 1.19 bits per heavy atom. The number of nitrogens with zero attached hydrogens (tertiary/aromatic N) is 3. The van der Waals surface area contributed by atoms with E-state index in [4.69, 9.17) is 0 Å². The van der Waals surface area contributed by atoms with Gasteiger partial charge in [0, 0.05) is 56.6 Å². The molecule has 2 aliphatic rings. The number of amides is 1. The average molecular weight is 289 g/mol. The monoisotopic (exact) mass is 289 g/mol. The summed E-state index contributed by atoms with van der Waals surface area (Å²) >= 11 is 0. The SMILES string of the molecule is CC(=O)NC1CCN(c2ncc(CNC3CC3)cn2)CC1. The van der Waals surface area contributed by atoms with Crippen LogP contribution in [0.3, 0.4) is 0 Å². The molecule has 1 aliphatic heterocycles. The first kappa shape index (κ1) is 14.3. The Labute approximate surface area is 125 Å². The zero-order chi connectivity index (χ0) is 14.7. The van der Waals surface area contributed by atoms with Gasteiger partial charge in [-0.25, -0.2) is 9.97 Å². The summed E-state index contributed by atoms with van der Waals surface area (Å²) in [6.45, 7) is 4.22. The highest BCUT2D eigenvalue weighted by molar-refractivity contribution is 5.73. The number of hydrogen-bond acceptors (Lipinski definition) is 5. The van der Waals surface area contributed by atoms with Gasteiger partial charge in [0.1, 0.15) is 0 Å². The fraction of sp³-hybridized carbons (Fsp3) is 0.667. The van der Waals surface area contributed by atoms with Gasteiger partial charge in [0.25, 0.3) is 0 Å². The summed E-state index contributed by atoms with van der Waals surface area (Å²) in [6, 6.07) is 0.998. The van der Waals surface area contributed by atoms with E-state index < -0.39 is 0 Å². The first-order valence-electron chi connectivity index (χ1n) is 7.77. The highest BCUT2D eigenvalue weighted by atomic mass is 16.1. The van der Waals surface area contributed by atoms with Crippen LogP contribution in [0.15, 0.2) is 12.4 Å². The second-order valence-corrected chi connectivity index (χ2v) is 6.01. The minimum atomic E-state index is 0.0530. The number of carbonyl (C=O) groups excluding carboxylic acids is 1. The molecule has 3 rings (SSSR count). The maximum atomic E-state index is 11.1. The summed E-state index contributed by atoms with van der Waals surface area (Å²) in [6.07, 6.45) is 8.32. The Bertz CT molecular complexity index is 477. The first-order valence-corrected chi connectivity index (χ1v) is 7.77. The largest absolute Gasteiger partial charge is 0.353 e. The fourth-order valence-electron chi connectivity index (χ4n) is 2.66. The van der Waals surface area contributed by atoms with E-state index in [1.54, 1.807) is 6.92 Å². The zero-order valence-corrected chi connectivity index (χ0v) is 12.5. The third-order valence-corrected chi connectivity index (χ3v) is 4.05. The lowest BCUT2D eigenvalue weighted by atomic mass is 10.1. The van der Waals surface area contributed by atoms with E-state index in [1.807, 2.05) is 12.4 Å². The second-order valence-electron chi connectivity index (χ2n) is 6.01. The van der Waals surface area contributed by atoms with Gasteiger partial charge in [0.2, 0.25) is 11.9 Å². The first-order chi connectivity index (χ1) is 10.2. The predicted octanol–water partition coefficient (Wildman–Crippen LogP) is 0.833. The number of nitrogens with one attached hydrogen (secondary N) is 2. The molecule has 0 radical (unpaired) electrons. The predicted molar refractivity (Wildman–Crippen MR) is 80.9 cm³/mol. The standard InChI is InChI=1S/C15H23N5O/c1-11(21)19-14-4-6-20(7-5-14)15-17-9-12(10-18-15)8-16-13-2-3-13/h9-10,13-14,16H,2-8H2,1H3,(H,19,21). The molecule has 0 aromatic carbocycles. The molecule has 2 N–H and O–H groups in total. The lowest BCUT2D eigenvalue weighted by molar-refractivity contribution is -0.119. The summed E-state index contributed by atoms with van der Waals surface area (Å²) < 4.78 is 0. The normalized spacial score (nSPS) is 19.6. The topological polar surface area (TPSA) is 70.2 Å². The molecule has 1 aromatic rings. The van der Waals surface area contributed by atoms with Crippen LogP contribution >= 0.6 is 0 Å². The van der Waals surface area contributed by atoms with Crippen molar-refractivity contribution in [3.05, 3.63) is 18.0 Å². The van der Waals surface area contributed by atoms with Crippen LogP contribution in [0.5, 0.6) is 0 Å². The van der Waals surface area contributed by atoms with Crippen LogP contribution in [0.25, 0.3) is 0 Å². The lowest BCUT2D eigenvalue weighted by Gasteiger charge is -2.32. The third kappa shape index (κ3) is 4.14. The van der Waals surface area contributed by atoms with Gasteiger partial charge in [0.05, 0.1) is 0 Å². The number of carbonyl (C=O) groups is 1. The number of rotatable bonds is 5. The van der Waals surface area contributed by atoms with Gasteiger partial charge in [-0.1, -0.05) is 0 Å². The summed E-state index contributed by atoms with van der Waals surface area (Å²) in [4.78, 5) is 22.2. The summed E-state index contributed by atoms with van der Waals surface area (Å²) in [5.74, 6) is 0.851. The fourth-order valence-corrected chi connectivity index (χ4v) is 2.66. The molecule has 114 valence electrons. The van der Waals surface area contributed by atoms with Crippen molar-refractivity contribution < 1.29 is 4.79 Å². The van der Waals surface area contributed by atoms with Crippen molar-refractivity contribution >= 4 is 11.9 Å². The molecule has 0 spiro atoms. The Morgan fingerprint density at radius 3 is 2.43 bits per heavy atom. The van der Waals surface area contributed by atoms with Crippen LogP contribution in [-0.4, -0.2) is 41.0 Å². The van der Waals surface area contributed by atoms with Gasteiger partial charge >= 0.3 is 0 Å². The Kier molecular flexibility index (Phi) is 4.34. The van der Waals surface area contributed by atoms with E-state index in [0.717, 1.165) is 44.0 Å². The third-order valence-electron chi connectivity index (χ3n) is 4.05. The maximum absolute atomic E-state index is 11.1. The molecule has 0 bridgehead atoms. The molecule has 1 amide bonds. The molecular weight excluding hydrogens is 266 g/mol. The minimum absolute atomic E-state index is 0.0530. The highest BCUT2D eigenvalue weighted by Gasteiger charge is 2.22. The molecule has 1 saturated heterocycles. The molecule has 1 saturated carbocycles. The van der Waals surface area contributed by atoms with E-state index in [-0.39, 0.29) is 5.91 Å². The van der Waals surface area contributed by atoms with Crippen molar-refractivity contribution in [1.82, 2.24) is 20.6 Å². The summed E-state index contributed by atoms with van der Waals surface area (Å²) in [7, 11) is 0. The molecular formula is C15H23N5O. The molecule has 1 aromatic heterocycles. The van der Waals surface area contributed by atoms with Gasteiger partial charge in [-0.2, -0.15) is 0 Å². The van der Waals surface area contributed by atoms with Gasteiger partial charge in [-0.05, 0) is 25.7 Å². The van der Waals surface area contributed by atoms with Gasteiger partial charge < -0.3 is 15.5 Å². The van der Waals surface area contributed by atoms with Crippen molar-refractivity contribution in [3.63, 3.8) is 0 Å². The number of aromatic nitrogens is 2. The second kappa shape index (κ2) is 6.39. The van der Waals surface area contributed by atoms with Crippen LogP contribution in [0, 0.1) is 0 Å². The van der Waals surface area contributed by atoms with E-state index >= 15 is 0 Å². The van der Waals surface area contributed by atoms with Crippen molar-refractivity contribution in [2.45, 2.75) is 51.2 Å². The Hall–Kier alpha value is -1.69. The molecule has 6 heteroatoms. The van der Waals surface area contributed by atoms with Crippen molar-refractivity contribution in [2.24, 2.45) is 0 Å². The van der Waals surface area contributed by atoms with E-state index in [2.05, 4.69) is 25.5 Å². The molecule has 0 atom stereocenters. The quantitative estimate of drug-likeness (QED) is 0.840. The molecule has 0 unspecified atom stereocenters. The van der Waals surface area contributed by atoms with Crippen molar-refractivity contribution in [3.8, 4) is 0 Å². The van der Waals surface area contributed by atoms with Crippen LogP contribution in [-0.2, 0) is 11.3 Å². The number of hydrogen-bond donors (Lipinski definition) is 2. The summed E-state index contributed by atoms with van der Waals surface area (Å²) in [5, 5.41) is 6.44. The van der Waals surface area contributed by atoms with Crippen LogP contribution in [0.1, 0.15) is 38.2 Å². The number of piperidine rings is 1. The van der Waals surface area contributed by atoms with Crippen LogP contribution in [0.4, 0.5) is 5.95 Å². The highest BCUT2D eigenvalue weighted by Crippen LogP contribution is 2.19. The number of anilines is 1. The van der Waals surface area contributed by atoms with E-state index in [9.17, 15) is 4.79 Å².